The summed E-state index contributed by atoms with van der Waals surface area (Å²) in [5.41, 5.74) is 0.473. The minimum atomic E-state index is -1.05. The molecule has 32 heavy (non-hydrogen) atoms. The molecular formula is C22H11BrF2N2O3S2. The smallest absolute Gasteiger partial charge is 0.301 e. The molecule has 1 fully saturated rings. The van der Waals surface area contributed by atoms with Crippen molar-refractivity contribution in [3.63, 3.8) is 0 Å². The van der Waals surface area contributed by atoms with Crippen LogP contribution in [0.15, 0.2) is 64.0 Å². The molecule has 1 unspecified atom stereocenters. The average molecular weight is 533 g/mol. The van der Waals surface area contributed by atoms with Crippen molar-refractivity contribution >= 4 is 71.4 Å². The number of carbonyl (C=O) groups is 2. The fourth-order valence-electron chi connectivity index (χ4n) is 3.52. The first-order chi connectivity index (χ1) is 15.3. The van der Waals surface area contributed by atoms with Crippen LogP contribution in [0.2, 0.25) is 0 Å². The SMILES string of the molecule is O=C1C(=O)N(c2nc3cc(F)c(F)cc3s2)C(c2cccs2)/C1=C(\O)c1ccc(Br)cc1. The number of thiophene rings is 1. The molecule has 0 spiro atoms. The van der Waals surface area contributed by atoms with Crippen LogP contribution in [0.3, 0.4) is 0 Å². The molecule has 0 radical (unpaired) electrons. The minimum absolute atomic E-state index is 0.0728. The molecular weight excluding hydrogens is 522 g/mol. The highest BCUT2D eigenvalue weighted by atomic mass is 79.9. The van der Waals surface area contributed by atoms with Crippen LogP contribution in [0.5, 0.6) is 0 Å². The topological polar surface area (TPSA) is 70.5 Å². The number of ketones is 1. The molecule has 0 aliphatic carbocycles. The Kier molecular flexibility index (Phi) is 5.15. The first kappa shape index (κ1) is 20.9. The van der Waals surface area contributed by atoms with Crippen molar-refractivity contribution in [1.82, 2.24) is 4.98 Å². The van der Waals surface area contributed by atoms with Crippen molar-refractivity contribution in [2.45, 2.75) is 6.04 Å². The van der Waals surface area contributed by atoms with Gasteiger partial charge in [-0.2, -0.15) is 0 Å². The lowest BCUT2D eigenvalue weighted by Crippen LogP contribution is -2.28. The number of aliphatic hydroxyl groups is 1. The van der Waals surface area contributed by atoms with E-state index < -0.39 is 29.4 Å². The van der Waals surface area contributed by atoms with Gasteiger partial charge in [0.25, 0.3) is 5.78 Å². The maximum absolute atomic E-state index is 13.7. The number of thiazole rings is 1. The van der Waals surface area contributed by atoms with Crippen molar-refractivity contribution in [3.05, 3.63) is 86.0 Å². The molecule has 5 rings (SSSR count). The van der Waals surface area contributed by atoms with Gasteiger partial charge in [-0.05, 0) is 29.6 Å². The lowest BCUT2D eigenvalue weighted by atomic mass is 10.00. The third-order valence-electron chi connectivity index (χ3n) is 5.00. The summed E-state index contributed by atoms with van der Waals surface area (Å²) >= 11 is 5.60. The predicted octanol–water partition coefficient (Wildman–Crippen LogP) is 6.02. The Bertz CT molecular complexity index is 1380. The molecule has 1 amide bonds. The second kappa shape index (κ2) is 7.88. The summed E-state index contributed by atoms with van der Waals surface area (Å²) in [4.78, 5) is 32.2. The van der Waals surface area contributed by atoms with Crippen molar-refractivity contribution in [3.8, 4) is 0 Å². The van der Waals surface area contributed by atoms with Crippen LogP contribution in [0.25, 0.3) is 16.0 Å². The molecule has 2 aromatic carbocycles. The van der Waals surface area contributed by atoms with E-state index in [1.807, 2.05) is 0 Å². The lowest BCUT2D eigenvalue weighted by Gasteiger charge is -2.21. The Morgan fingerprint density at radius 2 is 1.81 bits per heavy atom. The number of halogens is 3. The number of anilines is 1. The Labute approximate surface area is 196 Å². The second-order valence-corrected chi connectivity index (χ2v) is 9.83. The number of Topliss-reactive ketones (excluding diaryl/α,β-unsaturated/α-hetero) is 1. The molecule has 1 saturated heterocycles. The number of hydrogen-bond donors (Lipinski definition) is 1. The van der Waals surface area contributed by atoms with E-state index in [4.69, 9.17) is 0 Å². The van der Waals surface area contributed by atoms with Crippen LogP contribution < -0.4 is 4.90 Å². The molecule has 0 saturated carbocycles. The van der Waals surface area contributed by atoms with E-state index in [1.54, 1.807) is 41.8 Å². The predicted molar refractivity (Wildman–Crippen MR) is 123 cm³/mol. The van der Waals surface area contributed by atoms with Crippen LogP contribution in [0.1, 0.15) is 16.5 Å². The number of aromatic nitrogens is 1. The van der Waals surface area contributed by atoms with Gasteiger partial charge < -0.3 is 5.11 Å². The van der Waals surface area contributed by atoms with Crippen LogP contribution in [0, 0.1) is 11.6 Å². The Morgan fingerprint density at radius 1 is 1.09 bits per heavy atom. The number of aliphatic hydroxyl groups excluding tert-OH is 1. The highest BCUT2D eigenvalue weighted by Gasteiger charge is 2.48. The standard InChI is InChI=1S/C22H11BrF2N2O3S2/c23-11-5-3-10(4-6-11)19(28)17-18(15-2-1-7-31-15)27(21(30)20(17)29)22-26-14-8-12(24)13(25)9-16(14)32-22/h1-9,18,28H/b19-17+. The fraction of sp³-hybridized carbons (Fsp3) is 0.0455. The molecule has 1 atom stereocenters. The van der Waals surface area contributed by atoms with E-state index in [0.717, 1.165) is 27.9 Å². The number of benzene rings is 2. The molecule has 1 aliphatic rings. The van der Waals surface area contributed by atoms with Crippen LogP contribution in [-0.4, -0.2) is 21.8 Å². The largest absolute Gasteiger partial charge is 0.507 e. The number of fused-ring (bicyclic) bond motifs is 1. The maximum Gasteiger partial charge on any atom is 0.301 e. The maximum atomic E-state index is 13.7. The lowest BCUT2D eigenvalue weighted by molar-refractivity contribution is -0.132. The van der Waals surface area contributed by atoms with E-state index in [9.17, 15) is 23.5 Å². The van der Waals surface area contributed by atoms with E-state index in [1.165, 1.54) is 16.2 Å². The summed E-state index contributed by atoms with van der Waals surface area (Å²) in [5.74, 6) is -4.13. The van der Waals surface area contributed by atoms with Gasteiger partial charge in [0, 0.05) is 21.0 Å². The van der Waals surface area contributed by atoms with E-state index in [0.29, 0.717) is 15.1 Å². The van der Waals surface area contributed by atoms with Gasteiger partial charge in [-0.15, -0.1) is 11.3 Å². The average Bonchev–Trinajstić information content (AvgIpc) is 3.48. The van der Waals surface area contributed by atoms with Crippen LogP contribution in [-0.2, 0) is 9.59 Å². The first-order valence-electron chi connectivity index (χ1n) is 9.21. The second-order valence-electron chi connectivity index (χ2n) is 6.92. The fourth-order valence-corrected chi connectivity index (χ4v) is 5.61. The summed E-state index contributed by atoms with van der Waals surface area (Å²) in [6.45, 7) is 0. The normalized spacial score (nSPS) is 18.1. The quantitative estimate of drug-likeness (QED) is 0.199. The van der Waals surface area contributed by atoms with Gasteiger partial charge in [0.05, 0.1) is 15.8 Å². The molecule has 2 aromatic heterocycles. The van der Waals surface area contributed by atoms with Gasteiger partial charge in [-0.25, -0.2) is 13.8 Å². The van der Waals surface area contributed by atoms with Crippen molar-refractivity contribution in [1.29, 1.82) is 0 Å². The number of rotatable bonds is 3. The summed E-state index contributed by atoms with van der Waals surface area (Å²) in [6, 6.07) is 11.2. The number of amides is 1. The van der Waals surface area contributed by atoms with E-state index in [-0.39, 0.29) is 22.0 Å². The van der Waals surface area contributed by atoms with Crippen molar-refractivity contribution < 1.29 is 23.5 Å². The van der Waals surface area contributed by atoms with E-state index in [2.05, 4.69) is 20.9 Å². The molecule has 1 N–H and O–H groups in total. The molecule has 5 nitrogen and oxygen atoms in total. The number of nitrogens with zero attached hydrogens (tertiary/aromatic N) is 2. The van der Waals surface area contributed by atoms with Crippen LogP contribution >= 0.6 is 38.6 Å². The third kappa shape index (κ3) is 3.35. The van der Waals surface area contributed by atoms with Gasteiger partial charge in [0.2, 0.25) is 0 Å². The minimum Gasteiger partial charge on any atom is -0.507 e. The summed E-state index contributed by atoms with van der Waals surface area (Å²) < 4.78 is 28.5. The monoisotopic (exact) mass is 532 g/mol. The molecule has 3 heterocycles. The highest BCUT2D eigenvalue weighted by molar-refractivity contribution is 9.10. The molecule has 4 aromatic rings. The van der Waals surface area contributed by atoms with Gasteiger partial charge in [-0.1, -0.05) is 45.5 Å². The highest BCUT2D eigenvalue weighted by Crippen LogP contribution is 2.45. The number of carbonyl (C=O) groups excluding carboxylic acids is 2. The zero-order chi connectivity index (χ0) is 22.6. The van der Waals surface area contributed by atoms with Gasteiger partial charge in [-0.3, -0.25) is 14.5 Å². The van der Waals surface area contributed by atoms with Gasteiger partial charge >= 0.3 is 5.91 Å². The molecule has 0 bridgehead atoms. The molecule has 1 aliphatic heterocycles. The zero-order valence-corrected chi connectivity index (χ0v) is 19.1. The zero-order valence-electron chi connectivity index (χ0n) is 15.9. The van der Waals surface area contributed by atoms with Gasteiger partial charge in [0.15, 0.2) is 16.8 Å². The summed E-state index contributed by atoms with van der Waals surface area (Å²) in [6.07, 6.45) is 0. The van der Waals surface area contributed by atoms with Crippen LogP contribution in [0.4, 0.5) is 13.9 Å². The van der Waals surface area contributed by atoms with Crippen molar-refractivity contribution in [2.24, 2.45) is 0 Å². The number of hydrogen-bond acceptors (Lipinski definition) is 6. The van der Waals surface area contributed by atoms with Crippen molar-refractivity contribution in [2.75, 3.05) is 4.90 Å². The Morgan fingerprint density at radius 3 is 2.50 bits per heavy atom. The summed E-state index contributed by atoms with van der Waals surface area (Å²) in [5, 5.41) is 12.9. The van der Waals surface area contributed by atoms with E-state index >= 15 is 0 Å². The molecule has 160 valence electrons. The van der Waals surface area contributed by atoms with Gasteiger partial charge in [0.1, 0.15) is 11.8 Å². The Hall–Kier alpha value is -2.95. The molecule has 10 heteroatoms. The summed E-state index contributed by atoms with van der Waals surface area (Å²) in [7, 11) is 0. The first-order valence-corrected chi connectivity index (χ1v) is 11.7. The Balaban J connectivity index is 1.71. The third-order valence-corrected chi connectivity index (χ3v) is 7.47.